The lowest BCUT2D eigenvalue weighted by atomic mass is 10.2. The molecule has 0 radical (unpaired) electrons. The van der Waals surface area contributed by atoms with Crippen LogP contribution in [0.25, 0.3) is 11.4 Å². The summed E-state index contributed by atoms with van der Waals surface area (Å²) in [5, 5.41) is 3.23. The Hall–Kier alpha value is -2.05. The fourth-order valence-electron chi connectivity index (χ4n) is 1.97. The predicted octanol–water partition coefficient (Wildman–Crippen LogP) is 5.58. The average molecular weight is 397 g/mol. The van der Waals surface area contributed by atoms with E-state index in [0.29, 0.717) is 21.5 Å². The molecule has 0 unspecified atom stereocenters. The van der Waals surface area contributed by atoms with Crippen molar-refractivity contribution >= 4 is 39.0 Å². The van der Waals surface area contributed by atoms with Gasteiger partial charge in [0.1, 0.15) is 22.6 Å². The van der Waals surface area contributed by atoms with Crippen LogP contribution in [-0.4, -0.2) is 9.97 Å². The first-order valence-corrected chi connectivity index (χ1v) is 7.71. The van der Waals surface area contributed by atoms with Crippen LogP contribution in [0.15, 0.2) is 53.0 Å². The SMILES string of the molecule is Fc1cccc(-c2nc(Cl)cc(Nc3ccc(F)cc3Br)n2)c1. The summed E-state index contributed by atoms with van der Waals surface area (Å²) in [6, 6.07) is 11.7. The van der Waals surface area contributed by atoms with Gasteiger partial charge in [-0.1, -0.05) is 23.7 Å². The second-order valence-corrected chi connectivity index (χ2v) is 5.90. The van der Waals surface area contributed by atoms with Gasteiger partial charge in [0.05, 0.1) is 5.69 Å². The van der Waals surface area contributed by atoms with Crippen LogP contribution < -0.4 is 5.32 Å². The minimum atomic E-state index is -0.387. The minimum absolute atomic E-state index is 0.208. The van der Waals surface area contributed by atoms with E-state index in [1.807, 2.05) is 0 Å². The molecule has 3 aromatic rings. The van der Waals surface area contributed by atoms with E-state index in [1.54, 1.807) is 18.2 Å². The Kier molecular flexibility index (Phi) is 4.54. The number of nitrogens with zero attached hydrogens (tertiary/aromatic N) is 2. The van der Waals surface area contributed by atoms with E-state index >= 15 is 0 Å². The van der Waals surface area contributed by atoms with Crippen molar-refractivity contribution < 1.29 is 8.78 Å². The molecule has 2 aromatic carbocycles. The lowest BCUT2D eigenvalue weighted by Crippen LogP contribution is -1.99. The van der Waals surface area contributed by atoms with Gasteiger partial charge in [-0.25, -0.2) is 18.7 Å². The highest BCUT2D eigenvalue weighted by Gasteiger charge is 2.09. The molecule has 23 heavy (non-hydrogen) atoms. The Morgan fingerprint density at radius 3 is 2.48 bits per heavy atom. The Morgan fingerprint density at radius 1 is 0.957 bits per heavy atom. The fraction of sp³-hybridized carbons (Fsp3) is 0. The normalized spacial score (nSPS) is 10.6. The fourth-order valence-corrected chi connectivity index (χ4v) is 2.60. The third-order valence-electron chi connectivity index (χ3n) is 2.97. The van der Waals surface area contributed by atoms with E-state index in [2.05, 4.69) is 31.2 Å². The van der Waals surface area contributed by atoms with E-state index in [-0.39, 0.29) is 22.6 Å². The van der Waals surface area contributed by atoms with Gasteiger partial charge >= 0.3 is 0 Å². The molecule has 0 fully saturated rings. The molecule has 116 valence electrons. The number of nitrogens with one attached hydrogen (secondary N) is 1. The molecular formula is C16H9BrClF2N3. The van der Waals surface area contributed by atoms with Crippen LogP contribution in [0, 0.1) is 11.6 Å². The van der Waals surface area contributed by atoms with Gasteiger partial charge in [0.25, 0.3) is 0 Å². The van der Waals surface area contributed by atoms with Crippen LogP contribution in [0.5, 0.6) is 0 Å². The van der Waals surface area contributed by atoms with Crippen LogP contribution in [0.2, 0.25) is 5.15 Å². The van der Waals surface area contributed by atoms with Crippen LogP contribution in [-0.2, 0) is 0 Å². The van der Waals surface area contributed by atoms with E-state index in [9.17, 15) is 8.78 Å². The van der Waals surface area contributed by atoms with Crippen molar-refractivity contribution in [2.75, 3.05) is 5.32 Å². The van der Waals surface area contributed by atoms with Gasteiger partial charge < -0.3 is 5.32 Å². The topological polar surface area (TPSA) is 37.8 Å². The van der Waals surface area contributed by atoms with Crippen molar-refractivity contribution in [1.82, 2.24) is 9.97 Å². The van der Waals surface area contributed by atoms with E-state index in [1.165, 1.54) is 30.3 Å². The summed E-state index contributed by atoms with van der Waals surface area (Å²) in [4.78, 5) is 8.42. The molecule has 1 N–H and O–H groups in total. The molecule has 0 spiro atoms. The van der Waals surface area contributed by atoms with Crippen LogP contribution in [0.4, 0.5) is 20.3 Å². The molecule has 0 saturated heterocycles. The third-order valence-corrected chi connectivity index (χ3v) is 3.82. The molecule has 0 aliphatic heterocycles. The monoisotopic (exact) mass is 395 g/mol. The first-order chi connectivity index (χ1) is 11.0. The maximum absolute atomic E-state index is 13.3. The van der Waals surface area contributed by atoms with Gasteiger partial charge in [0.2, 0.25) is 0 Å². The summed E-state index contributed by atoms with van der Waals surface area (Å²) < 4.78 is 27.0. The summed E-state index contributed by atoms with van der Waals surface area (Å²) in [6.45, 7) is 0. The molecule has 0 aliphatic carbocycles. The lowest BCUT2D eigenvalue weighted by Gasteiger charge is -2.10. The molecule has 0 saturated carbocycles. The highest BCUT2D eigenvalue weighted by molar-refractivity contribution is 9.10. The molecule has 0 aliphatic rings. The van der Waals surface area contributed by atoms with Crippen molar-refractivity contribution in [2.24, 2.45) is 0 Å². The second-order valence-electron chi connectivity index (χ2n) is 4.66. The van der Waals surface area contributed by atoms with Gasteiger partial charge in [0.15, 0.2) is 5.82 Å². The predicted molar refractivity (Wildman–Crippen MR) is 89.8 cm³/mol. The number of benzene rings is 2. The summed E-state index contributed by atoms with van der Waals surface area (Å²) >= 11 is 9.28. The van der Waals surface area contributed by atoms with Gasteiger partial charge in [-0.15, -0.1) is 0 Å². The van der Waals surface area contributed by atoms with Crippen molar-refractivity contribution in [3.8, 4) is 11.4 Å². The Morgan fingerprint density at radius 2 is 1.74 bits per heavy atom. The van der Waals surface area contributed by atoms with Crippen molar-refractivity contribution in [2.45, 2.75) is 0 Å². The maximum atomic E-state index is 13.3. The van der Waals surface area contributed by atoms with Crippen LogP contribution in [0.3, 0.4) is 0 Å². The van der Waals surface area contributed by atoms with E-state index in [4.69, 9.17) is 11.6 Å². The summed E-state index contributed by atoms with van der Waals surface area (Å²) in [5.41, 5.74) is 1.13. The number of hydrogen-bond donors (Lipinski definition) is 1. The zero-order valence-electron chi connectivity index (χ0n) is 11.5. The Labute approximate surface area is 144 Å². The first kappa shape index (κ1) is 15.8. The molecular weight excluding hydrogens is 388 g/mol. The van der Waals surface area contributed by atoms with Gasteiger partial charge in [0, 0.05) is 16.1 Å². The highest BCUT2D eigenvalue weighted by atomic mass is 79.9. The maximum Gasteiger partial charge on any atom is 0.163 e. The molecule has 0 bridgehead atoms. The largest absolute Gasteiger partial charge is 0.339 e. The molecule has 1 aromatic heterocycles. The van der Waals surface area contributed by atoms with Gasteiger partial charge in [-0.2, -0.15) is 0 Å². The summed E-state index contributed by atoms with van der Waals surface area (Å²) in [7, 11) is 0. The zero-order valence-corrected chi connectivity index (χ0v) is 13.9. The number of anilines is 2. The lowest BCUT2D eigenvalue weighted by molar-refractivity contribution is 0.627. The number of rotatable bonds is 3. The van der Waals surface area contributed by atoms with Gasteiger partial charge in [-0.3, -0.25) is 0 Å². The molecule has 1 heterocycles. The number of aromatic nitrogens is 2. The molecule has 0 amide bonds. The Bertz CT molecular complexity index is 874. The van der Waals surface area contributed by atoms with E-state index < -0.39 is 0 Å². The molecule has 7 heteroatoms. The highest BCUT2D eigenvalue weighted by Crippen LogP contribution is 2.28. The van der Waals surface area contributed by atoms with Crippen molar-refractivity contribution in [1.29, 1.82) is 0 Å². The third kappa shape index (κ3) is 3.83. The summed E-state index contributed by atoms with van der Waals surface area (Å²) in [5.74, 6) is -0.0419. The quantitative estimate of drug-likeness (QED) is 0.587. The Balaban J connectivity index is 1.97. The zero-order chi connectivity index (χ0) is 16.4. The summed E-state index contributed by atoms with van der Waals surface area (Å²) in [6.07, 6.45) is 0. The molecule has 3 nitrogen and oxygen atoms in total. The standard InChI is InChI=1S/C16H9BrClF2N3/c17-12-7-11(20)4-5-13(12)21-15-8-14(18)22-16(23-15)9-2-1-3-10(19)6-9/h1-8H,(H,21,22,23). The molecule has 3 rings (SSSR count). The molecule has 0 atom stereocenters. The minimum Gasteiger partial charge on any atom is -0.339 e. The second kappa shape index (κ2) is 6.60. The van der Waals surface area contributed by atoms with Gasteiger partial charge in [-0.05, 0) is 46.3 Å². The van der Waals surface area contributed by atoms with Crippen LogP contribution in [0.1, 0.15) is 0 Å². The van der Waals surface area contributed by atoms with Crippen LogP contribution >= 0.6 is 27.5 Å². The van der Waals surface area contributed by atoms with Crippen molar-refractivity contribution in [3.05, 3.63) is 69.8 Å². The number of hydrogen-bond acceptors (Lipinski definition) is 3. The first-order valence-electron chi connectivity index (χ1n) is 6.54. The van der Waals surface area contributed by atoms with E-state index in [0.717, 1.165) is 0 Å². The smallest absolute Gasteiger partial charge is 0.163 e. The van der Waals surface area contributed by atoms with Crippen molar-refractivity contribution in [3.63, 3.8) is 0 Å². The number of halogens is 4. The average Bonchev–Trinajstić information content (AvgIpc) is 2.50.